The molecule has 0 aromatic heterocycles. The van der Waals surface area contributed by atoms with Gasteiger partial charge in [0.05, 0.1) is 24.2 Å². The quantitative estimate of drug-likeness (QED) is 0.907. The number of likely N-dealkylation sites (N-methyl/N-ethyl adjacent to an activating group) is 1. The van der Waals surface area contributed by atoms with Crippen molar-refractivity contribution >= 4 is 17.6 Å². The first-order valence-corrected chi connectivity index (χ1v) is 6.89. The van der Waals surface area contributed by atoms with Crippen LogP contribution in [0, 0.1) is 11.7 Å². The molecule has 1 heterocycles. The average Bonchev–Trinajstić information content (AvgIpc) is 2.90. The van der Waals surface area contributed by atoms with Gasteiger partial charge in [0.2, 0.25) is 0 Å². The maximum Gasteiger partial charge on any atom is 0.310 e. The van der Waals surface area contributed by atoms with E-state index in [0.717, 1.165) is 0 Å². The predicted octanol–water partition coefficient (Wildman–Crippen LogP) is 2.40. The van der Waals surface area contributed by atoms with E-state index in [1.807, 2.05) is 11.8 Å². The van der Waals surface area contributed by atoms with E-state index in [0.29, 0.717) is 25.3 Å². The van der Waals surface area contributed by atoms with Crippen molar-refractivity contribution < 1.29 is 19.0 Å². The van der Waals surface area contributed by atoms with Crippen LogP contribution < -0.4 is 0 Å². The van der Waals surface area contributed by atoms with Crippen molar-refractivity contribution in [1.82, 2.24) is 4.90 Å². The van der Waals surface area contributed by atoms with Crippen LogP contribution >= 0.6 is 11.6 Å². The van der Waals surface area contributed by atoms with E-state index in [1.54, 1.807) is 12.1 Å². The van der Waals surface area contributed by atoms with Gasteiger partial charge in [-0.15, -0.1) is 0 Å². The molecule has 6 heteroatoms. The lowest BCUT2D eigenvalue weighted by atomic mass is 10.0. The first kappa shape index (κ1) is 15.2. The first-order valence-electron chi connectivity index (χ1n) is 6.52. The van der Waals surface area contributed by atoms with Crippen molar-refractivity contribution in [3.8, 4) is 0 Å². The third-order valence-electron chi connectivity index (χ3n) is 3.65. The smallest absolute Gasteiger partial charge is 0.310 e. The highest BCUT2D eigenvalue weighted by molar-refractivity contribution is 6.31. The van der Waals surface area contributed by atoms with E-state index in [4.69, 9.17) is 16.3 Å². The summed E-state index contributed by atoms with van der Waals surface area (Å²) < 4.78 is 18.7. The summed E-state index contributed by atoms with van der Waals surface area (Å²) >= 11 is 5.95. The summed E-state index contributed by atoms with van der Waals surface area (Å²) in [5.41, 5.74) is 0.657. The minimum atomic E-state index is -0.865. The molecule has 1 aliphatic rings. The van der Waals surface area contributed by atoms with Crippen LogP contribution in [0.15, 0.2) is 18.2 Å². The van der Waals surface area contributed by atoms with Crippen LogP contribution in [-0.2, 0) is 16.1 Å². The summed E-state index contributed by atoms with van der Waals surface area (Å²) in [6.45, 7) is 3.57. The second-order valence-electron chi connectivity index (χ2n) is 4.83. The Balaban J connectivity index is 2.16. The van der Waals surface area contributed by atoms with E-state index >= 15 is 0 Å². The molecule has 0 aliphatic carbocycles. The van der Waals surface area contributed by atoms with Crippen molar-refractivity contribution in [3.63, 3.8) is 0 Å². The van der Waals surface area contributed by atoms with Crippen LogP contribution in [-0.4, -0.2) is 41.8 Å². The number of hydrogen-bond acceptors (Lipinski definition) is 3. The summed E-state index contributed by atoms with van der Waals surface area (Å²) in [6.07, 6.45) is 0. The molecule has 2 unspecified atom stereocenters. The van der Waals surface area contributed by atoms with Crippen molar-refractivity contribution in [3.05, 3.63) is 34.6 Å². The number of carboxylic acid groups (broad SMARTS) is 1. The minimum absolute atomic E-state index is 0.0942. The molecule has 1 saturated heterocycles. The normalized spacial score (nSPS) is 22.4. The van der Waals surface area contributed by atoms with Crippen molar-refractivity contribution in [1.29, 1.82) is 0 Å². The second kappa shape index (κ2) is 6.52. The molecular formula is C14H17ClFNO3. The lowest BCUT2D eigenvalue weighted by Gasteiger charge is -2.29. The fourth-order valence-corrected chi connectivity index (χ4v) is 2.68. The van der Waals surface area contributed by atoms with Gasteiger partial charge < -0.3 is 9.84 Å². The van der Waals surface area contributed by atoms with Crippen LogP contribution in [0.3, 0.4) is 0 Å². The number of halogens is 2. The number of hydrogen-bond donors (Lipinski definition) is 1. The van der Waals surface area contributed by atoms with E-state index in [9.17, 15) is 14.3 Å². The third kappa shape index (κ3) is 3.11. The zero-order valence-electron chi connectivity index (χ0n) is 11.2. The molecular weight excluding hydrogens is 285 g/mol. The molecule has 1 aromatic carbocycles. The Morgan fingerprint density at radius 2 is 2.30 bits per heavy atom. The molecule has 4 nitrogen and oxygen atoms in total. The highest BCUT2D eigenvalue weighted by Gasteiger charge is 2.37. The van der Waals surface area contributed by atoms with Gasteiger partial charge in [-0.1, -0.05) is 30.7 Å². The van der Waals surface area contributed by atoms with Crippen LogP contribution in [0.2, 0.25) is 5.02 Å². The monoisotopic (exact) mass is 301 g/mol. The summed E-state index contributed by atoms with van der Waals surface area (Å²) in [5, 5.41) is 9.29. The number of benzene rings is 1. The largest absolute Gasteiger partial charge is 0.481 e. The fourth-order valence-electron chi connectivity index (χ4n) is 2.49. The molecule has 0 amide bonds. The zero-order valence-corrected chi connectivity index (χ0v) is 11.9. The van der Waals surface area contributed by atoms with E-state index in [2.05, 4.69) is 0 Å². The number of nitrogens with zero attached hydrogens (tertiary/aromatic N) is 1. The Morgan fingerprint density at radius 3 is 2.95 bits per heavy atom. The number of ether oxygens (including phenoxy) is 1. The Morgan fingerprint density at radius 1 is 1.55 bits per heavy atom. The van der Waals surface area contributed by atoms with Crippen LogP contribution in [0.5, 0.6) is 0 Å². The zero-order chi connectivity index (χ0) is 14.7. The second-order valence-corrected chi connectivity index (χ2v) is 5.20. The van der Waals surface area contributed by atoms with Crippen LogP contribution in [0.4, 0.5) is 4.39 Å². The molecule has 1 aromatic rings. The summed E-state index contributed by atoms with van der Waals surface area (Å²) in [7, 11) is 0. The molecule has 1 fully saturated rings. The molecule has 0 radical (unpaired) electrons. The number of aliphatic carboxylic acids is 1. The number of carbonyl (C=O) groups is 1. The molecule has 0 spiro atoms. The van der Waals surface area contributed by atoms with E-state index < -0.39 is 17.7 Å². The third-order valence-corrected chi connectivity index (χ3v) is 4.07. The van der Waals surface area contributed by atoms with Crippen molar-refractivity contribution in [2.45, 2.75) is 19.5 Å². The van der Waals surface area contributed by atoms with Crippen molar-refractivity contribution in [2.75, 3.05) is 19.8 Å². The highest BCUT2D eigenvalue weighted by Crippen LogP contribution is 2.25. The molecule has 110 valence electrons. The summed E-state index contributed by atoms with van der Waals surface area (Å²) in [6, 6.07) is 4.45. The first-order chi connectivity index (χ1) is 9.54. The lowest BCUT2D eigenvalue weighted by molar-refractivity contribution is -0.143. The number of carboxylic acids is 1. The van der Waals surface area contributed by atoms with Gasteiger partial charge in [0.25, 0.3) is 0 Å². The molecule has 2 rings (SSSR count). The molecule has 0 bridgehead atoms. The lowest BCUT2D eigenvalue weighted by Crippen LogP contribution is -2.42. The predicted molar refractivity (Wildman–Crippen MR) is 73.2 cm³/mol. The van der Waals surface area contributed by atoms with Gasteiger partial charge in [-0.3, -0.25) is 9.69 Å². The topological polar surface area (TPSA) is 49.8 Å². The van der Waals surface area contributed by atoms with Gasteiger partial charge in [-0.25, -0.2) is 4.39 Å². The molecule has 2 atom stereocenters. The summed E-state index contributed by atoms with van der Waals surface area (Å²) in [5.74, 6) is -1.88. The van der Waals surface area contributed by atoms with Gasteiger partial charge in [-0.2, -0.15) is 0 Å². The standard InChI is InChI=1S/C14H17ClFNO3/c1-2-17(12-8-20-7-10(12)14(18)19)6-9-4-3-5-11(16)13(9)15/h3-5,10,12H,2,6-8H2,1H3,(H,18,19). The SMILES string of the molecule is CCN(Cc1cccc(F)c1Cl)C1COCC1C(=O)O. The van der Waals surface area contributed by atoms with Gasteiger partial charge in [-0.05, 0) is 18.2 Å². The van der Waals surface area contributed by atoms with Gasteiger partial charge >= 0.3 is 5.97 Å². The minimum Gasteiger partial charge on any atom is -0.481 e. The van der Waals surface area contributed by atoms with Gasteiger partial charge in [0.15, 0.2) is 0 Å². The average molecular weight is 302 g/mol. The van der Waals surface area contributed by atoms with Gasteiger partial charge in [0.1, 0.15) is 5.82 Å². The summed E-state index contributed by atoms with van der Waals surface area (Å²) in [4.78, 5) is 13.2. The van der Waals surface area contributed by atoms with Crippen LogP contribution in [0.25, 0.3) is 0 Å². The van der Waals surface area contributed by atoms with Gasteiger partial charge in [0, 0.05) is 12.6 Å². The Labute approximate surface area is 122 Å². The molecule has 20 heavy (non-hydrogen) atoms. The van der Waals surface area contributed by atoms with Crippen LogP contribution in [0.1, 0.15) is 12.5 Å². The maximum atomic E-state index is 13.4. The van der Waals surface area contributed by atoms with E-state index in [1.165, 1.54) is 6.07 Å². The molecule has 1 aliphatic heterocycles. The maximum absolute atomic E-state index is 13.4. The van der Waals surface area contributed by atoms with Crippen molar-refractivity contribution in [2.24, 2.45) is 5.92 Å². The molecule has 1 N–H and O–H groups in total. The Kier molecular flexibility index (Phi) is 4.96. The number of rotatable bonds is 5. The highest BCUT2D eigenvalue weighted by atomic mass is 35.5. The fraction of sp³-hybridized carbons (Fsp3) is 0.500. The van der Waals surface area contributed by atoms with E-state index in [-0.39, 0.29) is 17.7 Å². The Bertz CT molecular complexity index is 497. The Hall–Kier alpha value is -1.17. The molecule has 0 saturated carbocycles.